The fourth-order valence-electron chi connectivity index (χ4n) is 4.11. The molecule has 1 atom stereocenters. The van der Waals surface area contributed by atoms with Crippen molar-refractivity contribution in [3.63, 3.8) is 0 Å². The molecule has 1 saturated heterocycles. The van der Waals surface area contributed by atoms with Crippen LogP contribution in [0.4, 0.5) is 4.79 Å². The number of halogens is 1. The lowest BCUT2D eigenvalue weighted by atomic mass is 9.98. The van der Waals surface area contributed by atoms with Crippen molar-refractivity contribution in [3.05, 3.63) is 63.9 Å². The molecule has 3 heterocycles. The average molecular weight is 512 g/mol. The van der Waals surface area contributed by atoms with E-state index >= 15 is 0 Å². The van der Waals surface area contributed by atoms with E-state index in [2.05, 4.69) is 38.0 Å². The van der Waals surface area contributed by atoms with Gasteiger partial charge in [-0.15, -0.1) is 0 Å². The van der Waals surface area contributed by atoms with Crippen molar-refractivity contribution in [2.45, 2.75) is 38.8 Å². The summed E-state index contributed by atoms with van der Waals surface area (Å²) < 4.78 is 18.4. The highest BCUT2D eigenvalue weighted by Gasteiger charge is 2.33. The lowest BCUT2D eigenvalue weighted by Crippen LogP contribution is -2.45. The van der Waals surface area contributed by atoms with E-state index in [-0.39, 0.29) is 12.1 Å². The fourth-order valence-corrected chi connectivity index (χ4v) is 4.45. The Kier molecular flexibility index (Phi) is 5.66. The zero-order valence-corrected chi connectivity index (χ0v) is 20.4. The van der Waals surface area contributed by atoms with Gasteiger partial charge in [0, 0.05) is 28.6 Å². The van der Waals surface area contributed by atoms with Gasteiger partial charge in [-0.25, -0.2) is 9.78 Å². The van der Waals surface area contributed by atoms with Crippen LogP contribution in [0, 0.1) is 0 Å². The number of rotatable bonds is 2. The van der Waals surface area contributed by atoms with Gasteiger partial charge in [0.15, 0.2) is 0 Å². The number of aromatic amines is 1. The molecule has 1 fully saturated rings. The Morgan fingerprint density at radius 3 is 2.85 bits per heavy atom. The van der Waals surface area contributed by atoms with Crippen LogP contribution in [0.3, 0.4) is 0 Å². The molecule has 1 N–H and O–H groups in total. The minimum absolute atomic E-state index is 0.277. The van der Waals surface area contributed by atoms with Crippen molar-refractivity contribution in [2.24, 2.45) is 0 Å². The molecule has 0 aliphatic carbocycles. The number of hydrogen-bond donors (Lipinski definition) is 1. The third-order valence-corrected chi connectivity index (χ3v) is 6.17. The van der Waals surface area contributed by atoms with Gasteiger partial charge in [0.05, 0.1) is 25.1 Å². The number of ether oxygens (including phenoxy) is 3. The van der Waals surface area contributed by atoms with Gasteiger partial charge in [-0.05, 0) is 56.7 Å². The van der Waals surface area contributed by atoms with Crippen LogP contribution in [0.1, 0.15) is 43.6 Å². The maximum absolute atomic E-state index is 12.8. The maximum Gasteiger partial charge on any atom is 0.411 e. The highest BCUT2D eigenvalue weighted by molar-refractivity contribution is 9.10. The summed E-state index contributed by atoms with van der Waals surface area (Å²) in [7, 11) is 0. The lowest BCUT2D eigenvalue weighted by Gasteiger charge is -2.36. The van der Waals surface area contributed by atoms with Gasteiger partial charge in [0.25, 0.3) is 0 Å². The van der Waals surface area contributed by atoms with Gasteiger partial charge < -0.3 is 19.2 Å². The van der Waals surface area contributed by atoms with Gasteiger partial charge in [-0.1, -0.05) is 22.0 Å². The number of morpholine rings is 1. The minimum Gasteiger partial charge on any atom is -0.457 e. The molecule has 0 unspecified atom stereocenters. The third-order valence-electron chi connectivity index (χ3n) is 5.67. The van der Waals surface area contributed by atoms with Crippen molar-refractivity contribution in [1.82, 2.24) is 14.9 Å². The van der Waals surface area contributed by atoms with Crippen LogP contribution in [-0.2, 0) is 15.9 Å². The molecular weight excluding hydrogens is 486 g/mol. The third kappa shape index (κ3) is 4.63. The van der Waals surface area contributed by atoms with Crippen molar-refractivity contribution >= 4 is 22.0 Å². The topological polar surface area (TPSA) is 76.7 Å². The molecule has 5 rings (SSSR count). The highest BCUT2D eigenvalue weighted by atomic mass is 79.9. The number of carbonyl (C=O) groups is 1. The van der Waals surface area contributed by atoms with E-state index in [0.29, 0.717) is 19.8 Å². The second-order valence-corrected chi connectivity index (χ2v) is 10.2. The second-order valence-electron chi connectivity index (χ2n) is 9.30. The molecule has 2 aliphatic rings. The van der Waals surface area contributed by atoms with Gasteiger partial charge in [-0.3, -0.25) is 4.90 Å². The van der Waals surface area contributed by atoms with Gasteiger partial charge in [0.1, 0.15) is 29.0 Å². The number of hydrogen-bond acceptors (Lipinski definition) is 5. The first-order valence-corrected chi connectivity index (χ1v) is 11.8. The molecule has 0 spiro atoms. The van der Waals surface area contributed by atoms with E-state index in [4.69, 9.17) is 14.2 Å². The molecule has 0 saturated carbocycles. The summed E-state index contributed by atoms with van der Waals surface area (Å²) in [6.45, 7) is 6.95. The minimum atomic E-state index is -0.557. The Morgan fingerprint density at radius 2 is 2.03 bits per heavy atom. The highest BCUT2D eigenvalue weighted by Crippen LogP contribution is 2.39. The molecular formula is C25H26BrN3O4. The zero-order chi connectivity index (χ0) is 23.2. The maximum atomic E-state index is 12.8. The molecule has 3 aromatic rings. The smallest absolute Gasteiger partial charge is 0.411 e. The average Bonchev–Trinajstić information content (AvgIpc) is 3.26. The summed E-state index contributed by atoms with van der Waals surface area (Å²) in [6.07, 6.45) is 2.22. The normalized spacial score (nSPS) is 17.7. The van der Waals surface area contributed by atoms with E-state index in [1.807, 2.05) is 45.0 Å². The Labute approximate surface area is 201 Å². The van der Waals surface area contributed by atoms with Crippen LogP contribution < -0.4 is 4.74 Å². The summed E-state index contributed by atoms with van der Waals surface area (Å²) in [5.74, 6) is 2.47. The monoisotopic (exact) mass is 511 g/mol. The molecule has 2 aliphatic heterocycles. The molecule has 33 heavy (non-hydrogen) atoms. The molecule has 172 valence electrons. The summed E-state index contributed by atoms with van der Waals surface area (Å²) in [5, 5.41) is 0. The molecule has 7 nitrogen and oxygen atoms in total. The van der Waals surface area contributed by atoms with Crippen LogP contribution in [0.15, 0.2) is 47.1 Å². The van der Waals surface area contributed by atoms with Gasteiger partial charge >= 0.3 is 6.09 Å². The van der Waals surface area contributed by atoms with Crippen molar-refractivity contribution in [1.29, 1.82) is 0 Å². The number of aromatic nitrogens is 2. The summed E-state index contributed by atoms with van der Waals surface area (Å²) in [4.78, 5) is 22.5. The largest absolute Gasteiger partial charge is 0.457 e. The molecule has 1 aromatic heterocycles. The first kappa shape index (κ1) is 22.0. The molecule has 0 bridgehead atoms. The van der Waals surface area contributed by atoms with Gasteiger partial charge in [0.2, 0.25) is 0 Å². The van der Waals surface area contributed by atoms with E-state index in [0.717, 1.165) is 50.6 Å². The fraction of sp³-hybridized carbons (Fsp3) is 0.360. The predicted octanol–water partition coefficient (Wildman–Crippen LogP) is 5.84. The number of H-pyrrole nitrogens is 1. The Hall–Kier alpha value is -2.84. The molecule has 8 heteroatoms. The Bertz CT molecular complexity index is 1200. The number of amides is 1. The molecule has 1 amide bonds. The van der Waals surface area contributed by atoms with Crippen LogP contribution in [0.25, 0.3) is 11.4 Å². The molecule has 2 aromatic carbocycles. The number of imidazole rings is 1. The molecule has 0 radical (unpaired) electrons. The number of carbonyl (C=O) groups excluding carboxylic acids is 1. The Morgan fingerprint density at radius 1 is 1.18 bits per heavy atom. The van der Waals surface area contributed by atoms with Crippen molar-refractivity contribution < 1.29 is 19.0 Å². The van der Waals surface area contributed by atoms with E-state index < -0.39 is 5.60 Å². The quantitative estimate of drug-likeness (QED) is 0.365. The number of nitrogens with one attached hydrogen (secondary N) is 1. The van der Waals surface area contributed by atoms with Crippen molar-refractivity contribution in [3.8, 4) is 22.9 Å². The van der Waals surface area contributed by atoms with Crippen LogP contribution >= 0.6 is 15.9 Å². The van der Waals surface area contributed by atoms with Crippen LogP contribution in [-0.4, -0.2) is 46.3 Å². The Balaban J connectivity index is 1.38. The van der Waals surface area contributed by atoms with Crippen LogP contribution in [0.5, 0.6) is 11.5 Å². The lowest BCUT2D eigenvalue weighted by molar-refractivity contribution is -0.0339. The zero-order valence-electron chi connectivity index (χ0n) is 18.9. The van der Waals surface area contributed by atoms with E-state index in [9.17, 15) is 4.79 Å². The number of fused-ring (bicyclic) bond motifs is 2. The second kappa shape index (κ2) is 8.50. The number of benzene rings is 2. The summed E-state index contributed by atoms with van der Waals surface area (Å²) >= 11 is 3.50. The first-order valence-electron chi connectivity index (χ1n) is 11.0. The SMILES string of the molecule is CC(C)(C)OC(=O)N1CCOC[C@H]1c1cnc(-c2ccc3c(c2)Cc2ccc(Br)cc2O3)[nH]1. The summed E-state index contributed by atoms with van der Waals surface area (Å²) in [6, 6.07) is 11.9. The number of nitrogens with zero attached hydrogens (tertiary/aromatic N) is 2. The first-order chi connectivity index (χ1) is 15.8. The standard InChI is InChI=1S/C25H26BrN3O4/c1-25(2,3)33-24(30)29-8-9-31-14-20(29)19-13-27-23(28-19)16-5-7-21-17(11-16)10-15-4-6-18(26)12-22(15)32-21/h4-7,11-13,20H,8-10,14H2,1-3H3,(H,27,28)/t20-/m0/s1. The summed E-state index contributed by atoms with van der Waals surface area (Å²) in [5.41, 5.74) is 3.48. The van der Waals surface area contributed by atoms with E-state index in [1.54, 1.807) is 11.1 Å². The van der Waals surface area contributed by atoms with Gasteiger partial charge in [-0.2, -0.15) is 0 Å². The van der Waals surface area contributed by atoms with Crippen molar-refractivity contribution in [2.75, 3.05) is 19.8 Å². The predicted molar refractivity (Wildman–Crippen MR) is 128 cm³/mol. The van der Waals surface area contributed by atoms with E-state index in [1.165, 1.54) is 0 Å². The van der Waals surface area contributed by atoms with Crippen LogP contribution in [0.2, 0.25) is 0 Å².